The van der Waals surface area contributed by atoms with Crippen LogP contribution in [0.4, 0.5) is 4.39 Å². The molecule has 0 aliphatic carbocycles. The maximum absolute atomic E-state index is 13.9. The van der Waals surface area contributed by atoms with Crippen LogP contribution in [0.3, 0.4) is 0 Å². The zero-order chi connectivity index (χ0) is 16.5. The second-order valence-corrected chi connectivity index (χ2v) is 7.14. The number of benzene rings is 1. The molecule has 1 heterocycles. The molecular formula is C14H20FN3O3S. The first kappa shape index (κ1) is 16.9. The van der Waals surface area contributed by atoms with E-state index in [0.717, 1.165) is 25.0 Å². The minimum Gasteiger partial charge on any atom is -0.334 e. The van der Waals surface area contributed by atoms with E-state index in [-0.39, 0.29) is 23.4 Å². The minimum absolute atomic E-state index is 0.0949. The molecule has 1 amide bonds. The number of nitrogens with zero attached hydrogens (tertiary/aromatic N) is 1. The zero-order valence-corrected chi connectivity index (χ0v) is 13.1. The third-order valence-corrected chi connectivity index (χ3v) is 5.05. The Hall–Kier alpha value is -1.51. The lowest BCUT2D eigenvalue weighted by Gasteiger charge is -2.39. The number of likely N-dealkylation sites (tertiary alicyclic amines) is 1. The molecule has 0 unspecified atom stereocenters. The fraction of sp³-hybridized carbons (Fsp3) is 0.500. The van der Waals surface area contributed by atoms with Crippen LogP contribution < -0.4 is 10.9 Å². The normalized spacial score (nSPS) is 22.6. The zero-order valence-electron chi connectivity index (χ0n) is 12.3. The molecule has 0 saturated carbocycles. The standard InChI is InChI=1S/C14H20FN3O3S/c1-9-3-2-6-18(12(9)8-16)14(19)10-4-5-13(11(15)7-10)22(17,20)21/h4-5,7,9,12H,2-3,6,8,16H2,1H3,(H2,17,20,21)/t9-,12+/m1/s1. The molecule has 22 heavy (non-hydrogen) atoms. The van der Waals surface area contributed by atoms with Crippen LogP contribution in [-0.2, 0) is 10.0 Å². The van der Waals surface area contributed by atoms with Crippen molar-refractivity contribution in [3.63, 3.8) is 0 Å². The fourth-order valence-corrected chi connectivity index (χ4v) is 3.48. The minimum atomic E-state index is -4.14. The molecule has 2 atom stereocenters. The molecule has 0 aromatic heterocycles. The van der Waals surface area contributed by atoms with Gasteiger partial charge in [0.15, 0.2) is 0 Å². The highest BCUT2D eigenvalue weighted by Gasteiger charge is 2.31. The Bertz CT molecular complexity index is 678. The van der Waals surface area contributed by atoms with Crippen molar-refractivity contribution in [2.75, 3.05) is 13.1 Å². The summed E-state index contributed by atoms with van der Waals surface area (Å²) in [4.78, 5) is 13.6. The molecule has 1 saturated heterocycles. The third-order valence-electron chi connectivity index (χ3n) is 4.10. The number of carbonyl (C=O) groups excluding carboxylic acids is 1. The monoisotopic (exact) mass is 329 g/mol. The summed E-state index contributed by atoms with van der Waals surface area (Å²) in [5, 5.41) is 4.91. The summed E-state index contributed by atoms with van der Waals surface area (Å²) in [6.07, 6.45) is 1.85. The number of halogens is 1. The molecular weight excluding hydrogens is 309 g/mol. The highest BCUT2D eigenvalue weighted by Crippen LogP contribution is 2.25. The number of carbonyl (C=O) groups is 1. The molecule has 0 radical (unpaired) electrons. The molecule has 122 valence electrons. The van der Waals surface area contributed by atoms with Crippen molar-refractivity contribution in [2.24, 2.45) is 16.8 Å². The Morgan fingerprint density at radius 1 is 1.45 bits per heavy atom. The summed E-state index contributed by atoms with van der Waals surface area (Å²) in [6.45, 7) is 2.93. The van der Waals surface area contributed by atoms with E-state index >= 15 is 0 Å². The SMILES string of the molecule is C[C@@H]1CCCN(C(=O)c2ccc(S(N)(=O)=O)c(F)c2)[C@H]1CN. The molecule has 1 aliphatic heterocycles. The van der Waals surface area contributed by atoms with Crippen LogP contribution >= 0.6 is 0 Å². The number of primary sulfonamides is 1. The van der Waals surface area contributed by atoms with Gasteiger partial charge >= 0.3 is 0 Å². The topological polar surface area (TPSA) is 106 Å². The van der Waals surface area contributed by atoms with E-state index in [1.807, 2.05) is 6.92 Å². The van der Waals surface area contributed by atoms with Crippen molar-refractivity contribution >= 4 is 15.9 Å². The van der Waals surface area contributed by atoms with Gasteiger partial charge in [-0.05, 0) is 37.0 Å². The number of piperidine rings is 1. The molecule has 1 aromatic rings. The summed E-state index contributed by atoms with van der Waals surface area (Å²) < 4.78 is 36.3. The van der Waals surface area contributed by atoms with Crippen LogP contribution in [0.5, 0.6) is 0 Å². The number of rotatable bonds is 3. The number of amides is 1. The molecule has 1 aliphatic rings. The Balaban J connectivity index is 2.31. The lowest BCUT2D eigenvalue weighted by Crippen LogP contribution is -2.51. The van der Waals surface area contributed by atoms with Crippen LogP contribution in [0, 0.1) is 11.7 Å². The highest BCUT2D eigenvalue weighted by atomic mass is 32.2. The van der Waals surface area contributed by atoms with Gasteiger partial charge in [0.2, 0.25) is 10.0 Å². The number of sulfonamides is 1. The third kappa shape index (κ3) is 3.29. The van der Waals surface area contributed by atoms with Gasteiger partial charge in [0.25, 0.3) is 5.91 Å². The molecule has 0 spiro atoms. The van der Waals surface area contributed by atoms with Gasteiger partial charge in [0, 0.05) is 24.7 Å². The first-order valence-corrected chi connectivity index (χ1v) is 8.63. The van der Waals surface area contributed by atoms with Crippen molar-refractivity contribution < 1.29 is 17.6 Å². The molecule has 1 aromatic carbocycles. The van der Waals surface area contributed by atoms with Crippen LogP contribution in [0.1, 0.15) is 30.1 Å². The Kier molecular flexibility index (Phi) is 4.84. The average Bonchev–Trinajstić information content (AvgIpc) is 2.44. The number of hydrogen-bond donors (Lipinski definition) is 2. The second-order valence-electron chi connectivity index (χ2n) is 5.61. The van der Waals surface area contributed by atoms with E-state index < -0.39 is 20.7 Å². The second kappa shape index (κ2) is 6.31. The summed E-state index contributed by atoms with van der Waals surface area (Å²) >= 11 is 0. The van der Waals surface area contributed by atoms with Gasteiger partial charge in [-0.1, -0.05) is 6.92 Å². The van der Waals surface area contributed by atoms with Crippen molar-refractivity contribution in [1.82, 2.24) is 4.90 Å². The molecule has 8 heteroatoms. The van der Waals surface area contributed by atoms with Crippen molar-refractivity contribution in [2.45, 2.75) is 30.7 Å². The maximum Gasteiger partial charge on any atom is 0.254 e. The van der Waals surface area contributed by atoms with E-state index in [2.05, 4.69) is 0 Å². The van der Waals surface area contributed by atoms with Gasteiger partial charge in [0.05, 0.1) is 0 Å². The first-order valence-electron chi connectivity index (χ1n) is 7.09. The summed E-state index contributed by atoms with van der Waals surface area (Å²) in [5.41, 5.74) is 5.84. The lowest BCUT2D eigenvalue weighted by atomic mass is 9.90. The smallest absolute Gasteiger partial charge is 0.254 e. The van der Waals surface area contributed by atoms with Crippen LogP contribution in [-0.4, -0.2) is 38.4 Å². The quantitative estimate of drug-likeness (QED) is 0.850. The average molecular weight is 329 g/mol. The molecule has 0 bridgehead atoms. The summed E-state index contributed by atoms with van der Waals surface area (Å²) in [6, 6.07) is 3.11. The Labute approximate surface area is 129 Å². The van der Waals surface area contributed by atoms with Gasteiger partial charge in [0.1, 0.15) is 10.7 Å². The van der Waals surface area contributed by atoms with Gasteiger partial charge in [-0.3, -0.25) is 4.79 Å². The maximum atomic E-state index is 13.9. The lowest BCUT2D eigenvalue weighted by molar-refractivity contribution is 0.0532. The van der Waals surface area contributed by atoms with Crippen molar-refractivity contribution in [3.05, 3.63) is 29.6 Å². The molecule has 2 rings (SSSR count). The van der Waals surface area contributed by atoms with Crippen LogP contribution in [0.25, 0.3) is 0 Å². The number of hydrogen-bond acceptors (Lipinski definition) is 4. The predicted molar refractivity (Wildman–Crippen MR) is 80.1 cm³/mol. The van der Waals surface area contributed by atoms with Crippen molar-refractivity contribution in [3.8, 4) is 0 Å². The Morgan fingerprint density at radius 2 is 2.14 bits per heavy atom. The highest BCUT2D eigenvalue weighted by molar-refractivity contribution is 7.89. The first-order chi connectivity index (χ1) is 10.3. The van der Waals surface area contributed by atoms with E-state index in [1.165, 1.54) is 6.07 Å². The van der Waals surface area contributed by atoms with E-state index in [4.69, 9.17) is 10.9 Å². The molecule has 4 N–H and O–H groups in total. The van der Waals surface area contributed by atoms with Gasteiger partial charge in [-0.25, -0.2) is 17.9 Å². The Morgan fingerprint density at radius 3 is 2.68 bits per heavy atom. The van der Waals surface area contributed by atoms with Crippen LogP contribution in [0.15, 0.2) is 23.1 Å². The summed E-state index contributed by atoms with van der Waals surface area (Å²) in [7, 11) is -4.14. The van der Waals surface area contributed by atoms with Gasteiger partial charge < -0.3 is 10.6 Å². The van der Waals surface area contributed by atoms with Crippen molar-refractivity contribution in [1.29, 1.82) is 0 Å². The van der Waals surface area contributed by atoms with E-state index in [0.29, 0.717) is 13.1 Å². The molecule has 6 nitrogen and oxygen atoms in total. The number of nitrogens with two attached hydrogens (primary N) is 2. The fourth-order valence-electron chi connectivity index (χ4n) is 2.89. The predicted octanol–water partition coefficient (Wildman–Crippen LogP) is 0.672. The van der Waals surface area contributed by atoms with E-state index in [9.17, 15) is 17.6 Å². The van der Waals surface area contributed by atoms with Crippen LogP contribution in [0.2, 0.25) is 0 Å². The van der Waals surface area contributed by atoms with Gasteiger partial charge in [-0.2, -0.15) is 0 Å². The van der Waals surface area contributed by atoms with E-state index in [1.54, 1.807) is 4.90 Å². The van der Waals surface area contributed by atoms with Gasteiger partial charge in [-0.15, -0.1) is 0 Å². The largest absolute Gasteiger partial charge is 0.334 e. The summed E-state index contributed by atoms with van der Waals surface area (Å²) in [5.74, 6) is -1.10. The molecule has 1 fully saturated rings.